The Morgan fingerprint density at radius 1 is 0.822 bits per heavy atom. The number of benzene rings is 2. The summed E-state index contributed by atoms with van der Waals surface area (Å²) >= 11 is 0. The first-order valence-electron chi connectivity index (χ1n) is 16.0. The zero-order valence-corrected chi connectivity index (χ0v) is 27.4. The SMILES string of the molecule is C=NON1CC2(CN(Cc3ccc(-n4c(-c5cccnc5N)nc5ccc(-c6ccccc6)nc54)cc3)C2)C1.CC.CC.CC. The van der Waals surface area contributed by atoms with Crippen LogP contribution in [0.1, 0.15) is 47.1 Å². The van der Waals surface area contributed by atoms with E-state index in [1.54, 1.807) is 6.20 Å². The quantitative estimate of drug-likeness (QED) is 0.152. The molecule has 7 rings (SSSR count). The van der Waals surface area contributed by atoms with Gasteiger partial charge in [-0.05, 0) is 42.0 Å². The molecule has 0 radical (unpaired) electrons. The van der Waals surface area contributed by atoms with Gasteiger partial charge in [-0.1, -0.05) is 89.2 Å². The highest BCUT2D eigenvalue weighted by atomic mass is 16.8. The highest BCUT2D eigenvalue weighted by Gasteiger charge is 2.52. The van der Waals surface area contributed by atoms with E-state index in [9.17, 15) is 0 Å². The van der Waals surface area contributed by atoms with Gasteiger partial charge in [0, 0.05) is 62.3 Å². The van der Waals surface area contributed by atoms with Gasteiger partial charge in [0.15, 0.2) is 11.5 Å². The standard InChI is InChI=1S/C30H28N8O.3C2H6/c1-32-39-37-19-30(20-37)17-36(18-30)16-21-9-11-23(12-10-21)38-28(24-8-5-15-33-27(24)31)35-26-14-13-25(34-29(26)38)22-6-3-2-4-7-22;3*1-2/h2-15H,1,16-20H2,(H2,31,33);3*1-2H3. The number of pyridine rings is 2. The first-order chi connectivity index (χ1) is 22.1. The molecule has 236 valence electrons. The highest BCUT2D eigenvalue weighted by Crippen LogP contribution is 2.40. The zero-order chi connectivity index (χ0) is 32.4. The summed E-state index contributed by atoms with van der Waals surface area (Å²) in [5.74, 6) is 1.15. The molecule has 2 aliphatic heterocycles. The van der Waals surface area contributed by atoms with Crippen LogP contribution in [-0.4, -0.2) is 62.4 Å². The number of oxime groups is 1. The van der Waals surface area contributed by atoms with Crippen molar-refractivity contribution in [3.8, 4) is 28.3 Å². The number of hydroxylamine groups is 2. The average Bonchev–Trinajstić information content (AvgIpc) is 3.45. The Morgan fingerprint density at radius 2 is 1.51 bits per heavy atom. The molecule has 5 heterocycles. The Kier molecular flexibility index (Phi) is 11.4. The molecular formula is C36H46N8O. The van der Waals surface area contributed by atoms with Crippen LogP contribution in [0.15, 0.2) is 90.2 Å². The topological polar surface area (TPSA) is 97.7 Å². The second-order valence-electron chi connectivity index (χ2n) is 10.4. The molecule has 0 saturated carbocycles. The van der Waals surface area contributed by atoms with Crippen LogP contribution in [0.2, 0.25) is 0 Å². The molecule has 2 aromatic carbocycles. The molecule has 9 heteroatoms. The van der Waals surface area contributed by atoms with Gasteiger partial charge < -0.3 is 5.73 Å². The van der Waals surface area contributed by atoms with E-state index in [2.05, 4.69) is 62.7 Å². The van der Waals surface area contributed by atoms with Gasteiger partial charge in [-0.15, -0.1) is 5.06 Å². The largest absolute Gasteiger partial charge is 0.383 e. The number of fused-ring (bicyclic) bond motifs is 1. The van der Waals surface area contributed by atoms with Gasteiger partial charge in [0.25, 0.3) is 0 Å². The molecule has 9 nitrogen and oxygen atoms in total. The van der Waals surface area contributed by atoms with Crippen molar-refractivity contribution < 1.29 is 4.94 Å². The number of nitrogens with zero attached hydrogens (tertiary/aromatic N) is 7. The number of hydrogen-bond acceptors (Lipinski definition) is 8. The van der Waals surface area contributed by atoms with Gasteiger partial charge in [0.05, 0.1) is 11.3 Å². The Bertz CT molecular complexity index is 1650. The summed E-state index contributed by atoms with van der Waals surface area (Å²) in [4.78, 5) is 21.9. The van der Waals surface area contributed by atoms with Crippen LogP contribution in [-0.2, 0) is 11.5 Å². The van der Waals surface area contributed by atoms with Crippen LogP contribution in [0, 0.1) is 5.41 Å². The number of aromatic nitrogens is 4. The van der Waals surface area contributed by atoms with E-state index in [1.807, 2.05) is 89.1 Å². The summed E-state index contributed by atoms with van der Waals surface area (Å²) in [6.45, 7) is 20.2. The molecule has 45 heavy (non-hydrogen) atoms. The number of hydrogen-bond donors (Lipinski definition) is 1. The first-order valence-corrected chi connectivity index (χ1v) is 16.0. The molecule has 1 spiro atoms. The van der Waals surface area contributed by atoms with Crippen molar-refractivity contribution in [2.45, 2.75) is 48.1 Å². The van der Waals surface area contributed by atoms with Crippen molar-refractivity contribution in [3.63, 3.8) is 0 Å². The summed E-state index contributed by atoms with van der Waals surface area (Å²) in [7, 11) is 0. The molecule has 3 aromatic heterocycles. The number of anilines is 1. The maximum Gasteiger partial charge on any atom is 0.165 e. The van der Waals surface area contributed by atoms with Crippen molar-refractivity contribution in [1.29, 1.82) is 0 Å². The third-order valence-corrected chi connectivity index (χ3v) is 7.57. The Morgan fingerprint density at radius 3 is 2.16 bits per heavy atom. The van der Waals surface area contributed by atoms with Crippen LogP contribution in [0.5, 0.6) is 0 Å². The van der Waals surface area contributed by atoms with Crippen molar-refractivity contribution in [3.05, 3.63) is 90.6 Å². The zero-order valence-electron chi connectivity index (χ0n) is 27.4. The number of likely N-dealkylation sites (tertiary alicyclic amines) is 1. The predicted molar refractivity (Wildman–Crippen MR) is 186 cm³/mol. The van der Waals surface area contributed by atoms with E-state index in [0.29, 0.717) is 11.2 Å². The van der Waals surface area contributed by atoms with Crippen molar-refractivity contribution in [1.82, 2.24) is 29.5 Å². The predicted octanol–water partition coefficient (Wildman–Crippen LogP) is 7.48. The van der Waals surface area contributed by atoms with E-state index in [4.69, 9.17) is 20.6 Å². The molecule has 2 N–H and O–H groups in total. The number of imidazole rings is 1. The first kappa shape index (κ1) is 33.3. The fourth-order valence-corrected chi connectivity index (χ4v) is 5.82. The van der Waals surface area contributed by atoms with Crippen LogP contribution in [0.4, 0.5) is 5.82 Å². The summed E-state index contributed by atoms with van der Waals surface area (Å²) in [5.41, 5.74) is 13.2. The molecule has 0 unspecified atom stereocenters. The fraction of sp³-hybridized carbons (Fsp3) is 0.333. The second kappa shape index (κ2) is 15.4. The highest BCUT2D eigenvalue weighted by molar-refractivity contribution is 5.84. The molecule has 0 aliphatic carbocycles. The lowest BCUT2D eigenvalue weighted by Crippen LogP contribution is -2.71. The van der Waals surface area contributed by atoms with Crippen molar-refractivity contribution >= 4 is 23.7 Å². The summed E-state index contributed by atoms with van der Waals surface area (Å²) in [5, 5.41) is 5.37. The third kappa shape index (κ3) is 7.05. The Labute approximate surface area is 267 Å². The monoisotopic (exact) mass is 606 g/mol. The van der Waals surface area contributed by atoms with Crippen LogP contribution >= 0.6 is 0 Å². The van der Waals surface area contributed by atoms with Gasteiger partial charge in [0.2, 0.25) is 0 Å². The lowest BCUT2D eigenvalue weighted by atomic mass is 9.74. The van der Waals surface area contributed by atoms with Crippen LogP contribution < -0.4 is 5.73 Å². The minimum atomic E-state index is 0.334. The van der Waals surface area contributed by atoms with E-state index in [1.165, 1.54) is 5.56 Å². The number of nitrogen functional groups attached to an aromatic ring is 1. The molecule has 0 bridgehead atoms. The fourth-order valence-electron chi connectivity index (χ4n) is 5.82. The second-order valence-corrected chi connectivity index (χ2v) is 10.4. The van der Waals surface area contributed by atoms with E-state index >= 15 is 0 Å². The van der Waals surface area contributed by atoms with E-state index < -0.39 is 0 Å². The number of rotatable bonds is 7. The van der Waals surface area contributed by atoms with Gasteiger partial charge in [-0.2, -0.15) is 0 Å². The smallest absolute Gasteiger partial charge is 0.165 e. The molecule has 2 fully saturated rings. The minimum Gasteiger partial charge on any atom is -0.383 e. The maximum atomic E-state index is 6.30. The van der Waals surface area contributed by atoms with Crippen LogP contribution in [0.3, 0.4) is 0 Å². The van der Waals surface area contributed by atoms with Gasteiger partial charge >= 0.3 is 0 Å². The van der Waals surface area contributed by atoms with Crippen LogP contribution in [0.25, 0.3) is 39.5 Å². The minimum absolute atomic E-state index is 0.334. The van der Waals surface area contributed by atoms with Gasteiger partial charge in [-0.3, -0.25) is 14.4 Å². The molecular weight excluding hydrogens is 560 g/mol. The lowest BCUT2D eigenvalue weighted by Gasteiger charge is -2.58. The maximum absolute atomic E-state index is 6.30. The number of nitrogens with two attached hydrogens (primary N) is 1. The van der Waals surface area contributed by atoms with Crippen molar-refractivity contribution in [2.75, 3.05) is 31.9 Å². The van der Waals surface area contributed by atoms with E-state index in [-0.39, 0.29) is 0 Å². The summed E-state index contributed by atoms with van der Waals surface area (Å²) in [6.07, 6.45) is 1.69. The summed E-state index contributed by atoms with van der Waals surface area (Å²) in [6, 6.07) is 26.7. The summed E-state index contributed by atoms with van der Waals surface area (Å²) < 4.78 is 2.08. The Balaban J connectivity index is 0.000000727. The van der Waals surface area contributed by atoms with Gasteiger partial charge in [0.1, 0.15) is 11.3 Å². The third-order valence-electron chi connectivity index (χ3n) is 7.57. The molecule has 0 atom stereocenters. The molecule has 5 aromatic rings. The van der Waals surface area contributed by atoms with Crippen molar-refractivity contribution in [2.24, 2.45) is 10.6 Å². The van der Waals surface area contributed by atoms with E-state index in [0.717, 1.165) is 72.2 Å². The normalized spacial score (nSPS) is 14.8. The lowest BCUT2D eigenvalue weighted by molar-refractivity contribution is -0.279. The molecule has 0 amide bonds. The molecule has 2 aliphatic rings. The Hall–Kier alpha value is -4.60. The van der Waals surface area contributed by atoms with Gasteiger partial charge in [-0.25, -0.2) is 15.0 Å². The molecule has 2 saturated heterocycles. The average molecular weight is 607 g/mol.